The van der Waals surface area contributed by atoms with Crippen LogP contribution in [0.3, 0.4) is 0 Å². The summed E-state index contributed by atoms with van der Waals surface area (Å²) < 4.78 is 6.82. The van der Waals surface area contributed by atoms with Gasteiger partial charge in [-0.25, -0.2) is 4.98 Å². The summed E-state index contributed by atoms with van der Waals surface area (Å²) >= 11 is 11.9. The van der Waals surface area contributed by atoms with Gasteiger partial charge in [0.1, 0.15) is 11.7 Å². The van der Waals surface area contributed by atoms with Crippen LogP contribution in [0.25, 0.3) is 11.5 Å². The summed E-state index contributed by atoms with van der Waals surface area (Å²) in [6.45, 7) is 0. The molecular weight excluding hydrogens is 315 g/mol. The first-order chi connectivity index (χ1) is 10.0. The molecule has 0 fully saturated rings. The Morgan fingerprint density at radius 1 is 1.33 bits per heavy atom. The number of aryl methyl sites for hydroxylation is 1. The van der Waals surface area contributed by atoms with Gasteiger partial charge in [-0.05, 0) is 6.07 Å². The van der Waals surface area contributed by atoms with E-state index in [1.54, 1.807) is 30.2 Å². The average molecular weight is 325 g/mol. The molecule has 0 aliphatic carbocycles. The van der Waals surface area contributed by atoms with E-state index in [0.717, 1.165) is 5.56 Å². The van der Waals surface area contributed by atoms with Crippen molar-refractivity contribution in [3.8, 4) is 11.5 Å². The molecule has 1 unspecified atom stereocenters. The second kappa shape index (κ2) is 5.44. The fraction of sp³-hybridized carbons (Fsp3) is 0.167. The summed E-state index contributed by atoms with van der Waals surface area (Å²) in [7, 11) is 1.80. The zero-order valence-corrected chi connectivity index (χ0v) is 12.4. The molecule has 0 radical (unpaired) electrons. The van der Waals surface area contributed by atoms with E-state index in [-0.39, 0.29) is 11.7 Å². The second-order valence-electron chi connectivity index (χ2n) is 4.37. The van der Waals surface area contributed by atoms with Crippen molar-refractivity contribution in [3.63, 3.8) is 0 Å². The molecule has 9 heteroatoms. The van der Waals surface area contributed by atoms with E-state index in [0.29, 0.717) is 15.7 Å². The van der Waals surface area contributed by atoms with Crippen molar-refractivity contribution >= 4 is 23.2 Å². The molecule has 3 aromatic rings. The van der Waals surface area contributed by atoms with Crippen molar-refractivity contribution in [2.75, 3.05) is 0 Å². The van der Waals surface area contributed by atoms with Gasteiger partial charge in [0.2, 0.25) is 11.7 Å². The molecule has 0 saturated carbocycles. The van der Waals surface area contributed by atoms with Gasteiger partial charge in [0.05, 0.1) is 16.2 Å². The fourth-order valence-electron chi connectivity index (χ4n) is 1.78. The van der Waals surface area contributed by atoms with Crippen molar-refractivity contribution in [2.45, 2.75) is 6.04 Å². The van der Waals surface area contributed by atoms with Gasteiger partial charge in [0.15, 0.2) is 0 Å². The maximum absolute atomic E-state index is 6.06. The summed E-state index contributed by atoms with van der Waals surface area (Å²) in [6, 6.07) is 0.994. The number of nitrogens with two attached hydrogens (primary N) is 1. The zero-order valence-electron chi connectivity index (χ0n) is 10.9. The van der Waals surface area contributed by atoms with E-state index in [1.807, 2.05) is 0 Å². The van der Waals surface area contributed by atoms with Crippen LogP contribution in [0.4, 0.5) is 0 Å². The number of hydrogen-bond acceptors (Lipinski definition) is 6. The molecule has 0 spiro atoms. The molecule has 0 aromatic carbocycles. The van der Waals surface area contributed by atoms with Crippen molar-refractivity contribution in [3.05, 3.63) is 46.2 Å². The SMILES string of the molecule is Cn1cc(C(N)c2nc(-c3ncc(Cl)cc3Cl)no2)cn1. The van der Waals surface area contributed by atoms with Gasteiger partial charge >= 0.3 is 0 Å². The molecule has 7 nitrogen and oxygen atoms in total. The van der Waals surface area contributed by atoms with Gasteiger partial charge in [-0.2, -0.15) is 10.1 Å². The van der Waals surface area contributed by atoms with Crippen molar-refractivity contribution in [1.29, 1.82) is 0 Å². The molecule has 1 atom stereocenters. The predicted octanol–water partition coefficient (Wildman–Crippen LogP) is 2.22. The maximum atomic E-state index is 6.06. The van der Waals surface area contributed by atoms with Gasteiger partial charge in [0, 0.05) is 25.0 Å². The third-order valence-electron chi connectivity index (χ3n) is 2.81. The molecule has 0 saturated heterocycles. The van der Waals surface area contributed by atoms with Crippen LogP contribution in [0.2, 0.25) is 10.0 Å². The first kappa shape index (κ1) is 14.0. The molecule has 0 bridgehead atoms. The largest absolute Gasteiger partial charge is 0.337 e. The Kier molecular flexibility index (Phi) is 3.62. The van der Waals surface area contributed by atoms with E-state index >= 15 is 0 Å². The summed E-state index contributed by atoms with van der Waals surface area (Å²) in [5.74, 6) is 0.511. The van der Waals surface area contributed by atoms with Crippen LogP contribution in [0.15, 0.2) is 29.2 Å². The minimum absolute atomic E-state index is 0.255. The highest BCUT2D eigenvalue weighted by Gasteiger charge is 2.20. The van der Waals surface area contributed by atoms with Gasteiger partial charge < -0.3 is 10.3 Å². The summed E-state index contributed by atoms with van der Waals surface area (Å²) in [5.41, 5.74) is 7.21. The van der Waals surface area contributed by atoms with Crippen LogP contribution in [-0.2, 0) is 7.05 Å². The second-order valence-corrected chi connectivity index (χ2v) is 5.21. The lowest BCUT2D eigenvalue weighted by molar-refractivity contribution is 0.367. The minimum atomic E-state index is -0.564. The Bertz CT molecular complexity index is 784. The maximum Gasteiger partial charge on any atom is 0.248 e. The smallest absolute Gasteiger partial charge is 0.248 e. The minimum Gasteiger partial charge on any atom is -0.337 e. The average Bonchev–Trinajstić information content (AvgIpc) is 3.07. The van der Waals surface area contributed by atoms with Crippen LogP contribution in [-0.4, -0.2) is 24.9 Å². The van der Waals surface area contributed by atoms with Crippen LogP contribution in [0.1, 0.15) is 17.5 Å². The Hall–Kier alpha value is -1.96. The lowest BCUT2D eigenvalue weighted by Crippen LogP contribution is -2.11. The van der Waals surface area contributed by atoms with E-state index in [2.05, 4.69) is 20.2 Å². The molecule has 3 heterocycles. The molecule has 2 N–H and O–H groups in total. The topological polar surface area (TPSA) is 95.7 Å². The number of pyridine rings is 1. The Labute approximate surface area is 129 Å². The first-order valence-electron chi connectivity index (χ1n) is 5.93. The molecule has 21 heavy (non-hydrogen) atoms. The lowest BCUT2D eigenvalue weighted by atomic mass is 10.2. The van der Waals surface area contributed by atoms with Crippen molar-refractivity contribution in [1.82, 2.24) is 24.9 Å². The molecule has 3 aromatic heterocycles. The zero-order chi connectivity index (χ0) is 15.0. The van der Waals surface area contributed by atoms with Crippen LogP contribution in [0, 0.1) is 0 Å². The van der Waals surface area contributed by atoms with E-state index in [1.165, 1.54) is 6.20 Å². The molecule has 0 aliphatic heterocycles. The van der Waals surface area contributed by atoms with Crippen molar-refractivity contribution in [2.24, 2.45) is 12.8 Å². The highest BCUT2D eigenvalue weighted by Crippen LogP contribution is 2.27. The summed E-state index contributed by atoms with van der Waals surface area (Å²) in [6.07, 6.45) is 4.88. The highest BCUT2D eigenvalue weighted by molar-refractivity contribution is 6.35. The predicted molar refractivity (Wildman–Crippen MR) is 76.8 cm³/mol. The van der Waals surface area contributed by atoms with Crippen molar-refractivity contribution < 1.29 is 4.52 Å². The van der Waals surface area contributed by atoms with E-state index in [9.17, 15) is 0 Å². The molecular formula is C12H10Cl2N6O. The Morgan fingerprint density at radius 2 is 2.14 bits per heavy atom. The highest BCUT2D eigenvalue weighted by atomic mass is 35.5. The molecule has 3 rings (SSSR count). The Balaban J connectivity index is 1.92. The van der Waals surface area contributed by atoms with Crippen LogP contribution >= 0.6 is 23.2 Å². The normalized spacial score (nSPS) is 12.6. The number of rotatable bonds is 3. The number of nitrogens with zero attached hydrogens (tertiary/aromatic N) is 5. The van der Waals surface area contributed by atoms with Crippen LogP contribution in [0.5, 0.6) is 0 Å². The number of hydrogen-bond donors (Lipinski definition) is 1. The number of aromatic nitrogens is 5. The summed E-state index contributed by atoms with van der Waals surface area (Å²) in [4.78, 5) is 8.32. The van der Waals surface area contributed by atoms with Gasteiger partial charge in [-0.3, -0.25) is 4.68 Å². The lowest BCUT2D eigenvalue weighted by Gasteiger charge is -2.01. The quantitative estimate of drug-likeness (QED) is 0.793. The number of halogens is 2. The van der Waals surface area contributed by atoms with Gasteiger partial charge in [-0.1, -0.05) is 28.4 Å². The third kappa shape index (κ3) is 2.76. The third-order valence-corrected chi connectivity index (χ3v) is 3.31. The Morgan fingerprint density at radius 3 is 2.81 bits per heavy atom. The summed E-state index contributed by atoms with van der Waals surface area (Å²) in [5, 5.41) is 8.67. The van der Waals surface area contributed by atoms with Crippen LogP contribution < -0.4 is 5.73 Å². The molecule has 0 amide bonds. The standard InChI is InChI=1S/C12H10Cl2N6O/c1-20-5-6(3-17-20)9(15)12-18-11(19-21-12)10-8(14)2-7(13)4-16-10/h2-5,9H,15H2,1H3. The van der Waals surface area contributed by atoms with E-state index in [4.69, 9.17) is 33.5 Å². The van der Waals surface area contributed by atoms with E-state index < -0.39 is 6.04 Å². The molecule has 0 aliphatic rings. The van der Waals surface area contributed by atoms with Gasteiger partial charge in [0.25, 0.3) is 0 Å². The first-order valence-corrected chi connectivity index (χ1v) is 6.69. The molecule has 108 valence electrons. The monoisotopic (exact) mass is 324 g/mol. The fourth-order valence-corrected chi connectivity index (χ4v) is 2.24. The van der Waals surface area contributed by atoms with Gasteiger partial charge in [-0.15, -0.1) is 0 Å².